The third-order valence-corrected chi connectivity index (χ3v) is 4.08. The summed E-state index contributed by atoms with van der Waals surface area (Å²) in [5, 5.41) is 10.7. The van der Waals surface area contributed by atoms with E-state index in [1.54, 1.807) is 0 Å². The first-order chi connectivity index (χ1) is 10.2. The smallest absolute Gasteiger partial charge is 0.294 e. The number of halogens is 2. The standard InChI is InChI=1S/C12H9F2N3O4S/c13-8-2-1-3-11(12(8)14)22(20,21)16-7-4-5-9(15)10(6-7)17(18)19/h1-6,16H,15H2. The number of anilines is 2. The number of nitrogen functional groups attached to an aromatic ring is 1. The largest absolute Gasteiger partial charge is 0.393 e. The average molecular weight is 329 g/mol. The van der Waals surface area contributed by atoms with Crippen LogP contribution in [0.2, 0.25) is 0 Å². The lowest BCUT2D eigenvalue weighted by Crippen LogP contribution is -2.15. The summed E-state index contributed by atoms with van der Waals surface area (Å²) in [6.45, 7) is 0. The third-order valence-electron chi connectivity index (χ3n) is 2.69. The molecule has 2 aromatic rings. The molecule has 0 heterocycles. The Labute approximate surface area is 123 Å². The van der Waals surface area contributed by atoms with E-state index in [0.29, 0.717) is 0 Å². The Morgan fingerprint density at radius 2 is 1.86 bits per heavy atom. The van der Waals surface area contributed by atoms with E-state index >= 15 is 0 Å². The van der Waals surface area contributed by atoms with Crippen molar-refractivity contribution in [3.05, 3.63) is 58.1 Å². The van der Waals surface area contributed by atoms with E-state index in [9.17, 15) is 27.3 Å². The summed E-state index contributed by atoms with van der Waals surface area (Å²) in [6.07, 6.45) is 0. The summed E-state index contributed by atoms with van der Waals surface area (Å²) >= 11 is 0. The maximum absolute atomic E-state index is 13.5. The summed E-state index contributed by atoms with van der Waals surface area (Å²) < 4.78 is 52.6. The summed E-state index contributed by atoms with van der Waals surface area (Å²) in [6, 6.07) is 5.83. The Balaban J connectivity index is 2.43. The van der Waals surface area contributed by atoms with Crippen molar-refractivity contribution >= 4 is 27.1 Å². The Bertz CT molecular complexity index is 855. The van der Waals surface area contributed by atoms with E-state index in [1.165, 1.54) is 0 Å². The highest BCUT2D eigenvalue weighted by molar-refractivity contribution is 7.92. The number of nitro groups is 1. The molecule has 0 radical (unpaired) electrons. The van der Waals surface area contributed by atoms with Gasteiger partial charge in [0.1, 0.15) is 10.6 Å². The van der Waals surface area contributed by atoms with Crippen molar-refractivity contribution in [2.75, 3.05) is 10.5 Å². The first kappa shape index (κ1) is 15.6. The minimum atomic E-state index is -4.45. The van der Waals surface area contributed by atoms with Crippen molar-refractivity contribution in [2.24, 2.45) is 0 Å². The lowest BCUT2D eigenvalue weighted by Gasteiger charge is -2.09. The topological polar surface area (TPSA) is 115 Å². The first-order valence-electron chi connectivity index (χ1n) is 5.73. The van der Waals surface area contributed by atoms with Crippen molar-refractivity contribution < 1.29 is 22.1 Å². The molecule has 0 aliphatic rings. The highest BCUT2D eigenvalue weighted by Crippen LogP contribution is 2.27. The second-order valence-corrected chi connectivity index (χ2v) is 5.84. The van der Waals surface area contributed by atoms with Crippen molar-refractivity contribution in [3.8, 4) is 0 Å². The minimum absolute atomic E-state index is 0.162. The van der Waals surface area contributed by atoms with Crippen molar-refractivity contribution in [1.82, 2.24) is 0 Å². The molecule has 0 bridgehead atoms. The van der Waals surface area contributed by atoms with Gasteiger partial charge in [-0.2, -0.15) is 0 Å². The van der Waals surface area contributed by atoms with Crippen LogP contribution in [0, 0.1) is 21.7 Å². The maximum atomic E-state index is 13.5. The molecule has 0 aromatic heterocycles. The molecule has 0 aliphatic heterocycles. The molecule has 116 valence electrons. The van der Waals surface area contributed by atoms with Gasteiger partial charge in [0.05, 0.1) is 10.6 Å². The fourth-order valence-corrected chi connectivity index (χ4v) is 2.81. The number of nitrogens with two attached hydrogens (primary N) is 1. The molecule has 0 saturated heterocycles. The van der Waals surface area contributed by atoms with Crippen LogP contribution in [0.1, 0.15) is 0 Å². The first-order valence-corrected chi connectivity index (χ1v) is 7.21. The van der Waals surface area contributed by atoms with Crippen LogP contribution >= 0.6 is 0 Å². The van der Waals surface area contributed by atoms with Crippen LogP contribution in [-0.4, -0.2) is 13.3 Å². The molecule has 22 heavy (non-hydrogen) atoms. The average Bonchev–Trinajstić information content (AvgIpc) is 2.43. The van der Waals surface area contributed by atoms with Gasteiger partial charge in [0, 0.05) is 6.07 Å². The number of nitrogens with zero attached hydrogens (tertiary/aromatic N) is 1. The molecule has 0 spiro atoms. The summed E-state index contributed by atoms with van der Waals surface area (Å²) in [4.78, 5) is 9.04. The molecule has 0 atom stereocenters. The number of rotatable bonds is 4. The number of hydrogen-bond donors (Lipinski definition) is 2. The van der Waals surface area contributed by atoms with Gasteiger partial charge in [-0.05, 0) is 24.3 Å². The molecular formula is C12H9F2N3O4S. The van der Waals surface area contributed by atoms with Crippen molar-refractivity contribution in [1.29, 1.82) is 0 Å². The van der Waals surface area contributed by atoms with Gasteiger partial charge in [-0.3, -0.25) is 14.8 Å². The van der Waals surface area contributed by atoms with E-state index in [1.807, 2.05) is 4.72 Å². The van der Waals surface area contributed by atoms with Gasteiger partial charge in [-0.15, -0.1) is 0 Å². The van der Waals surface area contributed by atoms with Crippen molar-refractivity contribution in [3.63, 3.8) is 0 Å². The summed E-state index contributed by atoms with van der Waals surface area (Å²) in [7, 11) is -4.45. The summed E-state index contributed by atoms with van der Waals surface area (Å²) in [5.41, 5.74) is 4.50. The molecule has 0 aliphatic carbocycles. The van der Waals surface area contributed by atoms with E-state index < -0.39 is 37.2 Å². The van der Waals surface area contributed by atoms with Crippen molar-refractivity contribution in [2.45, 2.75) is 4.90 Å². The van der Waals surface area contributed by atoms with Gasteiger partial charge < -0.3 is 5.73 Å². The third kappa shape index (κ3) is 2.96. The minimum Gasteiger partial charge on any atom is -0.393 e. The zero-order chi connectivity index (χ0) is 16.5. The SMILES string of the molecule is Nc1ccc(NS(=O)(=O)c2cccc(F)c2F)cc1[N+](=O)[O-]. The van der Waals surface area contributed by atoms with E-state index in [0.717, 1.165) is 36.4 Å². The quantitative estimate of drug-likeness (QED) is 0.507. The number of benzene rings is 2. The van der Waals surface area contributed by atoms with Crippen LogP contribution in [0.5, 0.6) is 0 Å². The molecule has 0 saturated carbocycles. The molecule has 0 unspecified atom stereocenters. The van der Waals surface area contributed by atoms with Crippen LogP contribution < -0.4 is 10.5 Å². The Kier molecular flexibility index (Phi) is 3.95. The normalized spacial score (nSPS) is 11.2. The molecule has 7 nitrogen and oxygen atoms in total. The van der Waals surface area contributed by atoms with Crippen LogP contribution in [-0.2, 0) is 10.0 Å². The Morgan fingerprint density at radius 3 is 2.50 bits per heavy atom. The second-order valence-electron chi connectivity index (χ2n) is 4.19. The summed E-state index contributed by atoms with van der Waals surface area (Å²) in [5.74, 6) is -2.87. The molecule has 0 amide bonds. The van der Waals surface area contributed by atoms with Crippen LogP contribution in [0.4, 0.5) is 25.8 Å². The molecule has 2 rings (SSSR count). The lowest BCUT2D eigenvalue weighted by molar-refractivity contribution is -0.383. The van der Waals surface area contributed by atoms with E-state index in [-0.39, 0.29) is 11.4 Å². The van der Waals surface area contributed by atoms with Gasteiger partial charge >= 0.3 is 0 Å². The van der Waals surface area contributed by atoms with Gasteiger partial charge in [-0.1, -0.05) is 6.07 Å². The molecule has 2 aromatic carbocycles. The zero-order valence-electron chi connectivity index (χ0n) is 10.8. The van der Waals surface area contributed by atoms with Gasteiger partial charge in [0.15, 0.2) is 11.6 Å². The number of nitrogens with one attached hydrogen (secondary N) is 1. The molecular weight excluding hydrogens is 320 g/mol. The lowest BCUT2D eigenvalue weighted by atomic mass is 10.2. The number of sulfonamides is 1. The van der Waals surface area contributed by atoms with E-state index in [4.69, 9.17) is 5.73 Å². The monoisotopic (exact) mass is 329 g/mol. The van der Waals surface area contributed by atoms with Crippen LogP contribution in [0.3, 0.4) is 0 Å². The molecule has 3 N–H and O–H groups in total. The van der Waals surface area contributed by atoms with Crippen LogP contribution in [0.25, 0.3) is 0 Å². The van der Waals surface area contributed by atoms with E-state index in [2.05, 4.69) is 0 Å². The fourth-order valence-electron chi connectivity index (χ4n) is 1.67. The van der Waals surface area contributed by atoms with Crippen LogP contribution in [0.15, 0.2) is 41.3 Å². The number of hydrogen-bond acceptors (Lipinski definition) is 5. The van der Waals surface area contributed by atoms with Gasteiger partial charge in [-0.25, -0.2) is 17.2 Å². The Morgan fingerprint density at radius 1 is 1.18 bits per heavy atom. The maximum Gasteiger partial charge on any atom is 0.294 e. The predicted molar refractivity (Wildman–Crippen MR) is 74.7 cm³/mol. The zero-order valence-corrected chi connectivity index (χ0v) is 11.6. The molecule has 10 heteroatoms. The van der Waals surface area contributed by atoms with Gasteiger partial charge in [0.25, 0.3) is 15.7 Å². The highest BCUT2D eigenvalue weighted by atomic mass is 32.2. The van der Waals surface area contributed by atoms with Gasteiger partial charge in [0.2, 0.25) is 0 Å². The predicted octanol–water partition coefficient (Wildman–Crippen LogP) is 2.26. The fraction of sp³-hybridized carbons (Fsp3) is 0. The highest BCUT2D eigenvalue weighted by Gasteiger charge is 2.22. The second kappa shape index (κ2) is 5.56. The molecule has 0 fully saturated rings. The number of nitro benzene ring substituents is 1. The Hall–Kier alpha value is -2.75.